The molecule has 230 valence electrons. The number of rotatable bonds is 9. The summed E-state index contributed by atoms with van der Waals surface area (Å²) in [7, 11) is -1.52. The Labute approximate surface area is 263 Å². The van der Waals surface area contributed by atoms with Gasteiger partial charge in [0.25, 0.3) is 0 Å². The van der Waals surface area contributed by atoms with Gasteiger partial charge in [-0.15, -0.1) is 0 Å². The third-order valence-electron chi connectivity index (χ3n) is 14.2. The molecule has 0 amide bonds. The van der Waals surface area contributed by atoms with Crippen LogP contribution < -0.4 is 0 Å². The third-order valence-corrected chi connectivity index (χ3v) is 36.2. The maximum atomic E-state index is 9.60. The molecule has 1 atom stereocenters. The second-order valence-electron chi connectivity index (χ2n) is 15.7. The molecule has 6 fully saturated rings. The van der Waals surface area contributed by atoms with E-state index in [0.29, 0.717) is 16.7 Å². The van der Waals surface area contributed by atoms with Crippen LogP contribution in [0.5, 0.6) is 0 Å². The Morgan fingerprint density at radius 1 is 0.561 bits per heavy atom. The normalized spacial score (nSPS) is 29.5. The van der Waals surface area contributed by atoms with Crippen molar-refractivity contribution in [1.29, 1.82) is 0 Å². The van der Waals surface area contributed by atoms with E-state index in [0.717, 1.165) is 17.0 Å². The Morgan fingerprint density at radius 2 is 0.927 bits per heavy atom. The van der Waals surface area contributed by atoms with Gasteiger partial charge in [-0.1, -0.05) is 0 Å². The van der Waals surface area contributed by atoms with E-state index in [-0.39, 0.29) is 4.62 Å². The molecular weight excluding hydrogens is 577 g/mol. The van der Waals surface area contributed by atoms with E-state index < -0.39 is 13.2 Å². The van der Waals surface area contributed by atoms with Crippen LogP contribution in [0.4, 0.5) is 0 Å². The van der Waals surface area contributed by atoms with Gasteiger partial charge < -0.3 is 0 Å². The van der Waals surface area contributed by atoms with E-state index in [1.54, 1.807) is 5.56 Å². The quantitative estimate of drug-likeness (QED) is 0.187. The van der Waals surface area contributed by atoms with Crippen molar-refractivity contribution in [2.45, 2.75) is 192 Å². The van der Waals surface area contributed by atoms with Gasteiger partial charge in [-0.2, -0.15) is 0 Å². The van der Waals surface area contributed by atoms with Crippen molar-refractivity contribution in [3.8, 4) is 0 Å². The molecule has 0 N–H and O–H groups in total. The molecule has 6 aliphatic rings. The third kappa shape index (κ3) is 4.47. The van der Waals surface area contributed by atoms with E-state index in [9.17, 15) is 11.2 Å². The molecule has 0 spiro atoms. The number of benzene rings is 1. The van der Waals surface area contributed by atoms with Gasteiger partial charge in [0, 0.05) is 0 Å². The summed E-state index contributed by atoms with van der Waals surface area (Å²) in [6.45, 7) is 0. The summed E-state index contributed by atoms with van der Waals surface area (Å²) in [6, 6.07) is 12.4. The molecular formula is C37H59Cl2P2+. The van der Waals surface area contributed by atoms with Crippen LogP contribution in [0.15, 0.2) is 30.3 Å². The van der Waals surface area contributed by atoms with Gasteiger partial charge in [-0.3, -0.25) is 0 Å². The molecule has 0 heterocycles. The zero-order valence-corrected chi connectivity index (χ0v) is 29.3. The Balaban J connectivity index is 1.60. The van der Waals surface area contributed by atoms with Gasteiger partial charge in [-0.25, -0.2) is 0 Å². The fourth-order valence-corrected chi connectivity index (χ4v) is 40.1. The number of hydrogen-bond acceptors (Lipinski definition) is 0. The summed E-state index contributed by atoms with van der Waals surface area (Å²) < 4.78 is -0.140. The van der Waals surface area contributed by atoms with Crippen LogP contribution >= 0.6 is 36.1 Å². The van der Waals surface area contributed by atoms with Gasteiger partial charge in [0.2, 0.25) is 0 Å². The number of halogens is 2. The van der Waals surface area contributed by atoms with Gasteiger partial charge in [0.05, 0.1) is 0 Å². The summed E-state index contributed by atoms with van der Waals surface area (Å²) >= 11 is 18.2. The average Bonchev–Trinajstić information content (AvgIpc) is 3.84. The fourth-order valence-electron chi connectivity index (χ4n) is 13.0. The molecule has 41 heavy (non-hydrogen) atoms. The van der Waals surface area contributed by atoms with Crippen molar-refractivity contribution in [3.05, 3.63) is 35.9 Å². The van der Waals surface area contributed by atoms with E-state index >= 15 is 0 Å². The van der Waals surface area contributed by atoms with E-state index in [4.69, 9.17) is 11.6 Å². The van der Waals surface area contributed by atoms with Crippen molar-refractivity contribution in [1.82, 2.24) is 0 Å². The predicted molar refractivity (Wildman–Crippen MR) is 187 cm³/mol. The molecule has 0 nitrogen and oxygen atoms in total. The van der Waals surface area contributed by atoms with Crippen LogP contribution in [0.25, 0.3) is 0 Å². The molecule has 6 saturated carbocycles. The number of hydrogen-bond donors (Lipinski definition) is 0. The summed E-state index contributed by atoms with van der Waals surface area (Å²) in [5, 5.41) is 0.618. The average molecular weight is 637 g/mol. The maximum absolute atomic E-state index is 9.60. The van der Waals surface area contributed by atoms with Gasteiger partial charge in [-0.05, 0) is 0 Å². The fraction of sp³-hybridized carbons (Fsp3) is 0.838. The van der Waals surface area contributed by atoms with Crippen LogP contribution in [0, 0.1) is 0 Å². The molecule has 0 radical (unpaired) electrons. The van der Waals surface area contributed by atoms with Gasteiger partial charge >= 0.3 is 264 Å². The summed E-state index contributed by atoms with van der Waals surface area (Å²) in [5.74, 6) is -3.09. The van der Waals surface area contributed by atoms with Gasteiger partial charge in [0.1, 0.15) is 0 Å². The summed E-state index contributed by atoms with van der Waals surface area (Å²) in [5.41, 5.74) is 6.01. The van der Waals surface area contributed by atoms with Gasteiger partial charge in [0.15, 0.2) is 0 Å². The first kappa shape index (κ1) is 30.3. The first-order valence-corrected chi connectivity index (χ1v) is 24.2. The molecule has 7 rings (SSSR count). The second kappa shape index (κ2) is 12.1. The first-order valence-electron chi connectivity index (χ1n) is 18.4. The zero-order valence-electron chi connectivity index (χ0n) is 26.0. The SMILES string of the molecule is ClC1(P(Cl)(C2CCCC2)(C2CCCC2)C(c2ccccc2)[P+](C2CCCC2)(C2CCCC2)C2CCCC2)CCCC1. The summed E-state index contributed by atoms with van der Waals surface area (Å²) in [6.07, 6.45) is 34.1. The summed E-state index contributed by atoms with van der Waals surface area (Å²) in [4.78, 5) is 0. The van der Waals surface area contributed by atoms with Crippen molar-refractivity contribution in [3.63, 3.8) is 0 Å². The predicted octanol–water partition coefficient (Wildman–Crippen LogP) is 13.6. The molecule has 0 saturated heterocycles. The van der Waals surface area contributed by atoms with Crippen molar-refractivity contribution in [2.75, 3.05) is 0 Å². The van der Waals surface area contributed by atoms with E-state index in [1.165, 1.54) is 154 Å². The van der Waals surface area contributed by atoms with Crippen molar-refractivity contribution < 1.29 is 0 Å². The monoisotopic (exact) mass is 635 g/mol. The minimum absolute atomic E-state index is 0.140. The van der Waals surface area contributed by atoms with Crippen LogP contribution in [-0.2, 0) is 0 Å². The molecule has 1 aromatic carbocycles. The standard InChI is InChI=1S/C37H59Cl2P2/c38-37(28-14-15-29-37)41(39,34-24-10-11-25-34,35-26-12-13-27-35)36(30-16-2-1-3-17-30)40(31-18-4-5-19-31,32-20-6-7-21-32)33-22-8-9-23-33/h1-3,16-17,31-36H,4-15,18-29H2/q+1. The molecule has 1 unspecified atom stereocenters. The Kier molecular flexibility index (Phi) is 8.96. The van der Waals surface area contributed by atoms with Crippen LogP contribution in [0.2, 0.25) is 0 Å². The van der Waals surface area contributed by atoms with Crippen LogP contribution in [0.1, 0.15) is 165 Å². The first-order chi connectivity index (χ1) is 20.0. The molecule has 0 bridgehead atoms. The number of alkyl halides is 1. The van der Waals surface area contributed by atoms with Crippen molar-refractivity contribution in [2.24, 2.45) is 0 Å². The molecule has 4 heteroatoms. The Morgan fingerprint density at radius 3 is 1.32 bits per heavy atom. The molecule has 0 aliphatic heterocycles. The second-order valence-corrected chi connectivity index (χ2v) is 29.1. The van der Waals surface area contributed by atoms with Crippen LogP contribution in [0.3, 0.4) is 0 Å². The van der Waals surface area contributed by atoms with E-state index in [2.05, 4.69) is 30.3 Å². The van der Waals surface area contributed by atoms with Crippen molar-refractivity contribution >= 4 is 36.1 Å². The zero-order chi connectivity index (χ0) is 28.0. The van der Waals surface area contributed by atoms with Crippen LogP contribution in [-0.4, -0.2) is 32.9 Å². The minimum atomic E-state index is -3.09. The van der Waals surface area contributed by atoms with E-state index in [1.807, 2.05) is 0 Å². The topological polar surface area (TPSA) is 0 Å². The Hall–Kier alpha value is 0.660. The molecule has 6 aliphatic carbocycles. The molecule has 0 aromatic heterocycles. The Bertz CT molecular complexity index is 948. The molecule has 1 aromatic rings.